The third-order valence-electron chi connectivity index (χ3n) is 3.21. The van der Waals surface area contributed by atoms with Crippen LogP contribution >= 0.6 is 0 Å². The van der Waals surface area contributed by atoms with E-state index in [1.807, 2.05) is 34.7 Å². The van der Waals surface area contributed by atoms with Crippen molar-refractivity contribution in [1.29, 1.82) is 0 Å². The van der Waals surface area contributed by atoms with Crippen LogP contribution in [0.3, 0.4) is 0 Å². The first-order valence-electron chi connectivity index (χ1n) is 6.49. The van der Waals surface area contributed by atoms with Crippen molar-refractivity contribution in [2.24, 2.45) is 0 Å². The Labute approximate surface area is 112 Å². The molecular weight excluding hydrogens is 244 g/mol. The number of rotatable bonds is 7. The van der Waals surface area contributed by atoms with E-state index in [-0.39, 0.29) is 13.2 Å². The molecule has 0 bridgehead atoms. The first kappa shape index (κ1) is 13.9. The predicted octanol–water partition coefficient (Wildman–Crippen LogP) is 0.0263. The molecule has 1 aromatic carbocycles. The van der Waals surface area contributed by atoms with Crippen molar-refractivity contribution in [1.82, 2.24) is 19.9 Å². The van der Waals surface area contributed by atoms with Crippen LogP contribution in [0.4, 0.5) is 0 Å². The Morgan fingerprint density at radius 1 is 1.16 bits per heavy atom. The van der Waals surface area contributed by atoms with Gasteiger partial charge in [0.1, 0.15) is 5.52 Å². The van der Waals surface area contributed by atoms with Gasteiger partial charge in [-0.25, -0.2) is 4.68 Å². The molecular formula is C13H20N4O2. The molecule has 0 fully saturated rings. The molecule has 0 unspecified atom stereocenters. The first-order valence-corrected chi connectivity index (χ1v) is 6.49. The van der Waals surface area contributed by atoms with Gasteiger partial charge in [0.15, 0.2) is 0 Å². The summed E-state index contributed by atoms with van der Waals surface area (Å²) in [5.74, 6) is 0. The summed E-state index contributed by atoms with van der Waals surface area (Å²) in [6.45, 7) is 4.76. The monoisotopic (exact) mass is 264 g/mol. The molecule has 0 aliphatic heterocycles. The molecule has 6 nitrogen and oxygen atoms in total. The van der Waals surface area contributed by atoms with Crippen LogP contribution in [0.2, 0.25) is 0 Å². The van der Waals surface area contributed by atoms with Gasteiger partial charge >= 0.3 is 0 Å². The van der Waals surface area contributed by atoms with Crippen molar-refractivity contribution < 1.29 is 10.2 Å². The summed E-state index contributed by atoms with van der Waals surface area (Å²) in [5, 5.41) is 26.3. The van der Waals surface area contributed by atoms with Gasteiger partial charge < -0.3 is 10.2 Å². The molecule has 2 aromatic rings. The normalized spacial score (nSPS) is 11.6. The van der Waals surface area contributed by atoms with Gasteiger partial charge in [0.25, 0.3) is 0 Å². The Kier molecular flexibility index (Phi) is 4.84. The molecule has 0 atom stereocenters. The quantitative estimate of drug-likeness (QED) is 0.738. The summed E-state index contributed by atoms with van der Waals surface area (Å²) >= 11 is 0. The highest BCUT2D eigenvalue weighted by Crippen LogP contribution is 2.14. The van der Waals surface area contributed by atoms with E-state index in [0.29, 0.717) is 19.6 Å². The lowest BCUT2D eigenvalue weighted by atomic mass is 10.2. The summed E-state index contributed by atoms with van der Waals surface area (Å²) in [5.41, 5.74) is 3.07. The van der Waals surface area contributed by atoms with E-state index < -0.39 is 0 Å². The third kappa shape index (κ3) is 3.28. The van der Waals surface area contributed by atoms with Crippen molar-refractivity contribution in [3.8, 4) is 0 Å². The Bertz CT molecular complexity index is 520. The molecule has 0 spiro atoms. The number of hydrogen-bond donors (Lipinski definition) is 2. The number of fused-ring (bicyclic) bond motifs is 1. The van der Waals surface area contributed by atoms with E-state index >= 15 is 0 Å². The van der Waals surface area contributed by atoms with Gasteiger partial charge in [-0.15, -0.1) is 5.10 Å². The Morgan fingerprint density at radius 3 is 2.58 bits per heavy atom. The number of aliphatic hydroxyl groups is 2. The first-order chi connectivity index (χ1) is 9.26. The van der Waals surface area contributed by atoms with E-state index in [4.69, 9.17) is 10.2 Å². The Hall–Kier alpha value is -1.50. The number of hydrogen-bond acceptors (Lipinski definition) is 5. The van der Waals surface area contributed by atoms with E-state index in [1.54, 1.807) is 0 Å². The molecule has 6 heteroatoms. The van der Waals surface area contributed by atoms with Crippen molar-refractivity contribution in [3.05, 3.63) is 23.8 Å². The van der Waals surface area contributed by atoms with Gasteiger partial charge in [-0.05, 0) is 18.6 Å². The van der Waals surface area contributed by atoms with Crippen LogP contribution < -0.4 is 0 Å². The maximum Gasteiger partial charge on any atom is 0.116 e. The minimum absolute atomic E-state index is 0.0945. The minimum Gasteiger partial charge on any atom is -0.395 e. The average molecular weight is 264 g/mol. The zero-order valence-electron chi connectivity index (χ0n) is 11.2. The van der Waals surface area contributed by atoms with Gasteiger partial charge in [-0.1, -0.05) is 17.3 Å². The van der Waals surface area contributed by atoms with Crippen LogP contribution in [-0.4, -0.2) is 63.0 Å². The van der Waals surface area contributed by atoms with E-state index in [0.717, 1.165) is 23.1 Å². The molecule has 0 amide bonds. The standard InChI is InChI=1S/C13H20N4O2/c1-11-3-2-4-12-13(11)14-15-17(12)6-5-16(7-9-18)8-10-19/h2-4,18-19H,5-10H2,1H3. The molecule has 1 aromatic heterocycles. The topological polar surface area (TPSA) is 74.4 Å². The maximum atomic E-state index is 8.97. The van der Waals surface area contributed by atoms with E-state index in [1.165, 1.54) is 0 Å². The molecule has 0 saturated heterocycles. The van der Waals surface area contributed by atoms with Crippen LogP contribution in [0, 0.1) is 6.92 Å². The highest BCUT2D eigenvalue weighted by atomic mass is 16.3. The lowest BCUT2D eigenvalue weighted by Gasteiger charge is -2.19. The van der Waals surface area contributed by atoms with Gasteiger partial charge in [0.05, 0.1) is 25.3 Å². The fourth-order valence-electron chi connectivity index (χ4n) is 2.15. The second-order valence-corrected chi connectivity index (χ2v) is 4.54. The molecule has 1 heterocycles. The minimum atomic E-state index is 0.0945. The number of aliphatic hydroxyl groups excluding tert-OH is 2. The number of benzene rings is 1. The molecule has 0 aliphatic carbocycles. The summed E-state index contributed by atoms with van der Waals surface area (Å²) in [4.78, 5) is 2.00. The second-order valence-electron chi connectivity index (χ2n) is 4.54. The molecule has 0 saturated carbocycles. The van der Waals surface area contributed by atoms with Crippen LogP contribution in [0.25, 0.3) is 11.0 Å². The fourth-order valence-corrected chi connectivity index (χ4v) is 2.15. The molecule has 0 radical (unpaired) electrons. The van der Waals surface area contributed by atoms with Gasteiger partial charge in [0.2, 0.25) is 0 Å². The van der Waals surface area contributed by atoms with Crippen LogP contribution in [0.1, 0.15) is 5.56 Å². The third-order valence-corrected chi connectivity index (χ3v) is 3.21. The number of aromatic nitrogens is 3. The zero-order valence-corrected chi connectivity index (χ0v) is 11.2. The number of nitrogens with zero attached hydrogens (tertiary/aromatic N) is 4. The summed E-state index contributed by atoms with van der Waals surface area (Å²) in [6, 6.07) is 6.02. The van der Waals surface area contributed by atoms with Crippen molar-refractivity contribution >= 4 is 11.0 Å². The fraction of sp³-hybridized carbons (Fsp3) is 0.538. The Morgan fingerprint density at radius 2 is 1.89 bits per heavy atom. The van der Waals surface area contributed by atoms with Crippen LogP contribution in [0.15, 0.2) is 18.2 Å². The van der Waals surface area contributed by atoms with Gasteiger partial charge in [-0.2, -0.15) is 0 Å². The zero-order chi connectivity index (χ0) is 13.7. The Balaban J connectivity index is 2.06. The average Bonchev–Trinajstić information content (AvgIpc) is 2.81. The SMILES string of the molecule is Cc1cccc2c1nnn2CCN(CCO)CCO. The lowest BCUT2D eigenvalue weighted by Crippen LogP contribution is -2.33. The van der Waals surface area contributed by atoms with E-state index in [9.17, 15) is 0 Å². The van der Waals surface area contributed by atoms with Crippen LogP contribution in [-0.2, 0) is 6.54 Å². The van der Waals surface area contributed by atoms with Gasteiger partial charge in [0, 0.05) is 19.6 Å². The summed E-state index contributed by atoms with van der Waals surface area (Å²) in [6.07, 6.45) is 0. The summed E-state index contributed by atoms with van der Waals surface area (Å²) in [7, 11) is 0. The summed E-state index contributed by atoms with van der Waals surface area (Å²) < 4.78 is 1.87. The van der Waals surface area contributed by atoms with Crippen molar-refractivity contribution in [3.63, 3.8) is 0 Å². The molecule has 19 heavy (non-hydrogen) atoms. The highest BCUT2D eigenvalue weighted by Gasteiger charge is 2.08. The molecule has 104 valence electrons. The molecule has 0 aliphatic rings. The highest BCUT2D eigenvalue weighted by molar-refractivity contribution is 5.77. The second kappa shape index (κ2) is 6.60. The molecule has 2 N–H and O–H groups in total. The van der Waals surface area contributed by atoms with E-state index in [2.05, 4.69) is 10.3 Å². The smallest absolute Gasteiger partial charge is 0.116 e. The number of aryl methyl sites for hydroxylation is 1. The van der Waals surface area contributed by atoms with Crippen molar-refractivity contribution in [2.75, 3.05) is 32.8 Å². The largest absolute Gasteiger partial charge is 0.395 e. The van der Waals surface area contributed by atoms with Gasteiger partial charge in [-0.3, -0.25) is 4.90 Å². The van der Waals surface area contributed by atoms with Crippen molar-refractivity contribution in [2.45, 2.75) is 13.5 Å². The predicted molar refractivity (Wildman–Crippen MR) is 72.9 cm³/mol. The maximum absolute atomic E-state index is 8.97. The van der Waals surface area contributed by atoms with Crippen LogP contribution in [0.5, 0.6) is 0 Å². The molecule has 2 rings (SSSR count). The lowest BCUT2D eigenvalue weighted by molar-refractivity contribution is 0.156.